The summed E-state index contributed by atoms with van der Waals surface area (Å²) in [5.41, 5.74) is 8.18. The Labute approximate surface area is 103 Å². The van der Waals surface area contributed by atoms with Crippen molar-refractivity contribution in [2.75, 3.05) is 0 Å². The Kier molecular flexibility index (Phi) is 2.45. The lowest BCUT2D eigenvalue weighted by molar-refractivity contribution is 0.350. The molecule has 1 heterocycles. The first-order valence-electron chi connectivity index (χ1n) is 5.55. The molecule has 2 nitrogen and oxygen atoms in total. The Morgan fingerprint density at radius 1 is 1.25 bits per heavy atom. The summed E-state index contributed by atoms with van der Waals surface area (Å²) < 4.78 is 0.975. The van der Waals surface area contributed by atoms with Gasteiger partial charge in [0.2, 0.25) is 0 Å². The number of fused-ring (bicyclic) bond motifs is 1. The molecule has 0 unspecified atom stereocenters. The van der Waals surface area contributed by atoms with E-state index in [2.05, 4.69) is 33.0 Å². The first-order chi connectivity index (χ1) is 7.74. The van der Waals surface area contributed by atoms with Gasteiger partial charge in [0, 0.05) is 11.4 Å². The van der Waals surface area contributed by atoms with Gasteiger partial charge in [-0.1, -0.05) is 18.2 Å². The van der Waals surface area contributed by atoms with Gasteiger partial charge in [-0.3, -0.25) is 0 Å². The standard InChI is InChI=1S/C13H13BrN2/c14-13-11(9-5-10(15)6-9)7-8-3-1-2-4-12(8)16-13/h1-4,7,9-10H,5-6,15H2. The molecule has 0 bridgehead atoms. The van der Waals surface area contributed by atoms with E-state index >= 15 is 0 Å². The number of para-hydroxylation sites is 1. The minimum absolute atomic E-state index is 0.378. The average Bonchev–Trinajstić information content (AvgIpc) is 2.24. The molecule has 1 fully saturated rings. The zero-order valence-electron chi connectivity index (χ0n) is 8.86. The van der Waals surface area contributed by atoms with Crippen LogP contribution in [-0.2, 0) is 0 Å². The molecule has 3 heteroatoms. The van der Waals surface area contributed by atoms with Crippen LogP contribution >= 0.6 is 15.9 Å². The minimum Gasteiger partial charge on any atom is -0.328 e. The van der Waals surface area contributed by atoms with E-state index in [4.69, 9.17) is 5.73 Å². The van der Waals surface area contributed by atoms with Gasteiger partial charge in [-0.15, -0.1) is 0 Å². The van der Waals surface area contributed by atoms with E-state index in [1.807, 2.05) is 18.2 Å². The van der Waals surface area contributed by atoms with Gasteiger partial charge in [-0.2, -0.15) is 0 Å². The second-order valence-corrected chi connectivity index (χ2v) is 5.24. The van der Waals surface area contributed by atoms with Crippen molar-refractivity contribution in [3.63, 3.8) is 0 Å². The summed E-state index contributed by atoms with van der Waals surface area (Å²) in [5.74, 6) is 0.585. The monoisotopic (exact) mass is 276 g/mol. The normalized spacial score (nSPS) is 24.4. The smallest absolute Gasteiger partial charge is 0.110 e. The predicted octanol–water partition coefficient (Wildman–Crippen LogP) is 3.20. The van der Waals surface area contributed by atoms with Crippen molar-refractivity contribution in [3.05, 3.63) is 40.5 Å². The summed E-state index contributed by atoms with van der Waals surface area (Å²) in [5, 5.41) is 1.21. The van der Waals surface area contributed by atoms with Crippen LogP contribution in [0.5, 0.6) is 0 Å². The van der Waals surface area contributed by atoms with Crippen molar-refractivity contribution in [1.29, 1.82) is 0 Å². The van der Waals surface area contributed by atoms with E-state index < -0.39 is 0 Å². The van der Waals surface area contributed by atoms with E-state index in [9.17, 15) is 0 Å². The largest absolute Gasteiger partial charge is 0.328 e. The quantitative estimate of drug-likeness (QED) is 0.813. The number of benzene rings is 1. The summed E-state index contributed by atoms with van der Waals surface area (Å²) in [6, 6.07) is 10.8. The third-order valence-corrected chi connectivity index (χ3v) is 3.95. The van der Waals surface area contributed by atoms with Gasteiger partial charge in [-0.05, 0) is 52.4 Å². The summed E-state index contributed by atoms with van der Waals surface area (Å²) in [6.45, 7) is 0. The van der Waals surface area contributed by atoms with Crippen molar-refractivity contribution in [1.82, 2.24) is 4.98 Å². The zero-order chi connectivity index (χ0) is 11.1. The maximum Gasteiger partial charge on any atom is 0.110 e. The highest BCUT2D eigenvalue weighted by Crippen LogP contribution is 2.39. The molecule has 3 rings (SSSR count). The number of nitrogens with zero attached hydrogens (tertiary/aromatic N) is 1. The van der Waals surface area contributed by atoms with Crippen LogP contribution in [0.4, 0.5) is 0 Å². The van der Waals surface area contributed by atoms with Crippen LogP contribution in [0.2, 0.25) is 0 Å². The zero-order valence-corrected chi connectivity index (χ0v) is 10.4. The molecule has 0 spiro atoms. The first kappa shape index (κ1) is 10.2. The molecule has 0 saturated heterocycles. The molecular formula is C13H13BrN2. The van der Waals surface area contributed by atoms with Crippen molar-refractivity contribution in [3.8, 4) is 0 Å². The van der Waals surface area contributed by atoms with E-state index in [0.29, 0.717) is 12.0 Å². The summed E-state index contributed by atoms with van der Waals surface area (Å²) >= 11 is 3.56. The highest BCUT2D eigenvalue weighted by molar-refractivity contribution is 9.10. The summed E-state index contributed by atoms with van der Waals surface area (Å²) in [4.78, 5) is 4.58. The maximum atomic E-state index is 5.83. The Morgan fingerprint density at radius 2 is 2.00 bits per heavy atom. The number of aromatic nitrogens is 1. The van der Waals surface area contributed by atoms with Crippen molar-refractivity contribution in [2.45, 2.75) is 24.8 Å². The molecule has 1 saturated carbocycles. The highest BCUT2D eigenvalue weighted by atomic mass is 79.9. The van der Waals surface area contributed by atoms with Crippen LogP contribution < -0.4 is 5.73 Å². The van der Waals surface area contributed by atoms with Crippen LogP contribution in [0, 0.1) is 0 Å². The summed E-state index contributed by atoms with van der Waals surface area (Å²) in [7, 11) is 0. The molecule has 0 aliphatic heterocycles. The van der Waals surface area contributed by atoms with Crippen LogP contribution in [0.1, 0.15) is 24.3 Å². The Morgan fingerprint density at radius 3 is 2.75 bits per heavy atom. The Balaban J connectivity index is 2.08. The fourth-order valence-corrected chi connectivity index (χ4v) is 2.94. The van der Waals surface area contributed by atoms with Gasteiger partial charge in [-0.25, -0.2) is 4.98 Å². The molecule has 2 aromatic rings. The van der Waals surface area contributed by atoms with Crippen molar-refractivity contribution >= 4 is 26.8 Å². The van der Waals surface area contributed by atoms with E-state index in [0.717, 1.165) is 23.0 Å². The van der Waals surface area contributed by atoms with Gasteiger partial charge in [0.15, 0.2) is 0 Å². The van der Waals surface area contributed by atoms with E-state index in [1.165, 1.54) is 10.9 Å². The molecule has 1 aromatic carbocycles. The molecule has 0 amide bonds. The molecule has 1 aromatic heterocycles. The number of halogens is 1. The lowest BCUT2D eigenvalue weighted by Crippen LogP contribution is -2.34. The fraction of sp³-hybridized carbons (Fsp3) is 0.308. The molecule has 1 aliphatic carbocycles. The lowest BCUT2D eigenvalue weighted by atomic mass is 9.77. The number of pyridine rings is 1. The first-order valence-corrected chi connectivity index (χ1v) is 6.34. The van der Waals surface area contributed by atoms with E-state index in [-0.39, 0.29) is 0 Å². The van der Waals surface area contributed by atoms with Crippen LogP contribution in [-0.4, -0.2) is 11.0 Å². The highest BCUT2D eigenvalue weighted by Gasteiger charge is 2.29. The number of rotatable bonds is 1. The Hall–Kier alpha value is -0.930. The molecule has 0 atom stereocenters. The van der Waals surface area contributed by atoms with Gasteiger partial charge >= 0.3 is 0 Å². The van der Waals surface area contributed by atoms with Gasteiger partial charge in [0.05, 0.1) is 5.52 Å². The van der Waals surface area contributed by atoms with Crippen molar-refractivity contribution < 1.29 is 0 Å². The molecule has 1 aliphatic rings. The number of nitrogens with two attached hydrogens (primary N) is 1. The second-order valence-electron chi connectivity index (χ2n) is 4.49. The number of hydrogen-bond acceptors (Lipinski definition) is 2. The van der Waals surface area contributed by atoms with Crippen LogP contribution in [0.25, 0.3) is 10.9 Å². The van der Waals surface area contributed by atoms with Gasteiger partial charge in [0.25, 0.3) is 0 Å². The molecule has 0 radical (unpaired) electrons. The van der Waals surface area contributed by atoms with Crippen molar-refractivity contribution in [2.24, 2.45) is 5.73 Å². The number of hydrogen-bond donors (Lipinski definition) is 1. The third kappa shape index (κ3) is 1.64. The van der Waals surface area contributed by atoms with Crippen LogP contribution in [0.3, 0.4) is 0 Å². The maximum absolute atomic E-state index is 5.83. The minimum atomic E-state index is 0.378. The lowest BCUT2D eigenvalue weighted by Gasteiger charge is -2.33. The predicted molar refractivity (Wildman–Crippen MR) is 69.4 cm³/mol. The van der Waals surface area contributed by atoms with Gasteiger partial charge < -0.3 is 5.73 Å². The van der Waals surface area contributed by atoms with Crippen LogP contribution in [0.15, 0.2) is 34.9 Å². The molecule has 16 heavy (non-hydrogen) atoms. The molecular weight excluding hydrogens is 264 g/mol. The fourth-order valence-electron chi connectivity index (χ4n) is 2.31. The topological polar surface area (TPSA) is 38.9 Å². The SMILES string of the molecule is NC1CC(c2cc3ccccc3nc2Br)C1. The van der Waals surface area contributed by atoms with E-state index in [1.54, 1.807) is 0 Å². The summed E-state index contributed by atoms with van der Waals surface area (Å²) in [6.07, 6.45) is 2.16. The average molecular weight is 277 g/mol. The third-order valence-electron chi connectivity index (χ3n) is 3.32. The Bertz CT molecular complexity index is 532. The molecule has 2 N–H and O–H groups in total. The second kappa shape index (κ2) is 3.82. The molecule has 82 valence electrons. The van der Waals surface area contributed by atoms with Gasteiger partial charge in [0.1, 0.15) is 4.60 Å².